The zero-order valence-electron chi connectivity index (χ0n) is 11.8. The van der Waals surface area contributed by atoms with E-state index in [9.17, 15) is 9.59 Å². The van der Waals surface area contributed by atoms with E-state index in [2.05, 4.69) is 15.6 Å². The summed E-state index contributed by atoms with van der Waals surface area (Å²) in [5.41, 5.74) is 1.57. The van der Waals surface area contributed by atoms with Gasteiger partial charge in [-0.2, -0.15) is 0 Å². The summed E-state index contributed by atoms with van der Waals surface area (Å²) in [6.07, 6.45) is 3.98. The van der Waals surface area contributed by atoms with E-state index < -0.39 is 0 Å². The van der Waals surface area contributed by atoms with Gasteiger partial charge in [-0.05, 0) is 36.8 Å². The Morgan fingerprint density at radius 1 is 1.10 bits per heavy atom. The van der Waals surface area contributed by atoms with Crippen LogP contribution in [-0.2, 0) is 0 Å². The number of nitrogens with one attached hydrogen (secondary N) is 2. The van der Waals surface area contributed by atoms with Crippen molar-refractivity contribution in [2.45, 2.75) is 13.3 Å². The van der Waals surface area contributed by atoms with Crippen LogP contribution in [0, 0.1) is 0 Å². The van der Waals surface area contributed by atoms with Gasteiger partial charge in [0.05, 0.1) is 5.56 Å². The number of pyridine rings is 1. The number of hydrogen-bond acceptors (Lipinski definition) is 3. The molecule has 0 fully saturated rings. The summed E-state index contributed by atoms with van der Waals surface area (Å²) in [5, 5.41) is 5.55. The van der Waals surface area contributed by atoms with Crippen LogP contribution < -0.4 is 10.6 Å². The van der Waals surface area contributed by atoms with E-state index in [1.807, 2.05) is 6.92 Å². The molecule has 0 saturated heterocycles. The first-order valence-corrected chi connectivity index (χ1v) is 6.80. The van der Waals surface area contributed by atoms with E-state index in [0.717, 1.165) is 6.42 Å². The molecule has 0 bridgehead atoms. The smallest absolute Gasteiger partial charge is 0.257 e. The van der Waals surface area contributed by atoms with E-state index in [0.29, 0.717) is 23.4 Å². The average molecular weight is 283 g/mol. The maximum atomic E-state index is 12.0. The highest BCUT2D eigenvalue weighted by atomic mass is 16.2. The molecule has 0 atom stereocenters. The standard InChI is InChI=1S/C16H17N3O2/c1-2-8-18-15(20)12-5-3-7-14(10-12)19-16(21)13-6-4-9-17-11-13/h3-7,9-11H,2,8H2,1H3,(H,18,20)(H,19,21). The summed E-state index contributed by atoms with van der Waals surface area (Å²) >= 11 is 0. The van der Waals surface area contributed by atoms with Crippen LogP contribution in [-0.4, -0.2) is 23.3 Å². The highest BCUT2D eigenvalue weighted by Crippen LogP contribution is 2.12. The van der Waals surface area contributed by atoms with Crippen molar-refractivity contribution in [3.8, 4) is 0 Å². The molecule has 2 N–H and O–H groups in total. The molecule has 2 rings (SSSR count). The monoisotopic (exact) mass is 283 g/mol. The Hall–Kier alpha value is -2.69. The van der Waals surface area contributed by atoms with E-state index in [1.54, 1.807) is 42.6 Å². The summed E-state index contributed by atoms with van der Waals surface area (Å²) in [5.74, 6) is -0.399. The largest absolute Gasteiger partial charge is 0.352 e. The Balaban J connectivity index is 2.07. The number of aromatic nitrogens is 1. The van der Waals surface area contributed by atoms with E-state index in [1.165, 1.54) is 6.20 Å². The molecular weight excluding hydrogens is 266 g/mol. The number of carbonyl (C=O) groups excluding carboxylic acids is 2. The van der Waals surface area contributed by atoms with Crippen LogP contribution in [0.25, 0.3) is 0 Å². The van der Waals surface area contributed by atoms with Gasteiger partial charge in [0.15, 0.2) is 0 Å². The first-order chi connectivity index (χ1) is 10.2. The number of anilines is 1. The summed E-state index contributed by atoms with van der Waals surface area (Å²) in [6, 6.07) is 10.2. The Morgan fingerprint density at radius 2 is 1.90 bits per heavy atom. The number of carbonyl (C=O) groups is 2. The second-order valence-corrected chi connectivity index (χ2v) is 4.53. The van der Waals surface area contributed by atoms with Crippen LogP contribution in [0.2, 0.25) is 0 Å². The molecule has 5 heteroatoms. The SMILES string of the molecule is CCCNC(=O)c1cccc(NC(=O)c2cccnc2)c1. The first-order valence-electron chi connectivity index (χ1n) is 6.80. The summed E-state index contributed by atoms with van der Waals surface area (Å²) in [4.78, 5) is 27.8. The molecule has 0 radical (unpaired) electrons. The Bertz CT molecular complexity index is 626. The van der Waals surface area contributed by atoms with Crippen molar-refractivity contribution in [3.63, 3.8) is 0 Å². The minimum absolute atomic E-state index is 0.144. The van der Waals surface area contributed by atoms with Gasteiger partial charge in [0.2, 0.25) is 0 Å². The zero-order chi connectivity index (χ0) is 15.1. The van der Waals surface area contributed by atoms with Crippen molar-refractivity contribution in [2.24, 2.45) is 0 Å². The van der Waals surface area contributed by atoms with Crippen LogP contribution in [0.3, 0.4) is 0 Å². The lowest BCUT2D eigenvalue weighted by Crippen LogP contribution is -2.24. The van der Waals surface area contributed by atoms with Gasteiger partial charge in [-0.15, -0.1) is 0 Å². The summed E-state index contributed by atoms with van der Waals surface area (Å²) in [7, 11) is 0. The molecule has 1 aromatic heterocycles. The molecule has 5 nitrogen and oxygen atoms in total. The molecule has 0 unspecified atom stereocenters. The van der Waals surface area contributed by atoms with Gasteiger partial charge in [0.1, 0.15) is 0 Å². The zero-order valence-corrected chi connectivity index (χ0v) is 11.8. The molecule has 1 aromatic carbocycles. The topological polar surface area (TPSA) is 71.1 Å². The van der Waals surface area contributed by atoms with Gasteiger partial charge in [-0.25, -0.2) is 0 Å². The van der Waals surface area contributed by atoms with E-state index in [-0.39, 0.29) is 11.8 Å². The van der Waals surface area contributed by atoms with Crippen molar-refractivity contribution in [1.29, 1.82) is 0 Å². The third kappa shape index (κ3) is 4.14. The molecule has 21 heavy (non-hydrogen) atoms. The summed E-state index contributed by atoms with van der Waals surface area (Å²) < 4.78 is 0. The summed E-state index contributed by atoms with van der Waals surface area (Å²) in [6.45, 7) is 2.62. The van der Waals surface area contributed by atoms with Gasteiger partial charge in [-0.3, -0.25) is 14.6 Å². The van der Waals surface area contributed by atoms with Crippen molar-refractivity contribution in [2.75, 3.05) is 11.9 Å². The van der Waals surface area contributed by atoms with Crippen LogP contribution in [0.15, 0.2) is 48.8 Å². The number of amides is 2. The fraction of sp³-hybridized carbons (Fsp3) is 0.188. The van der Waals surface area contributed by atoms with Crippen LogP contribution in [0.5, 0.6) is 0 Å². The lowest BCUT2D eigenvalue weighted by Gasteiger charge is -2.08. The highest BCUT2D eigenvalue weighted by molar-refractivity contribution is 6.04. The Labute approximate surface area is 123 Å². The third-order valence-corrected chi connectivity index (χ3v) is 2.84. The lowest BCUT2D eigenvalue weighted by molar-refractivity contribution is 0.0952. The van der Waals surface area contributed by atoms with E-state index in [4.69, 9.17) is 0 Å². The molecule has 0 aliphatic rings. The van der Waals surface area contributed by atoms with Gasteiger partial charge in [0.25, 0.3) is 11.8 Å². The Kier molecular flexibility index (Phi) is 5.04. The number of benzene rings is 1. The normalized spacial score (nSPS) is 9.95. The minimum Gasteiger partial charge on any atom is -0.352 e. The van der Waals surface area contributed by atoms with Gasteiger partial charge in [0, 0.05) is 30.2 Å². The lowest BCUT2D eigenvalue weighted by atomic mass is 10.1. The highest BCUT2D eigenvalue weighted by Gasteiger charge is 2.08. The molecular formula is C16H17N3O2. The first kappa shape index (κ1) is 14.7. The van der Waals surface area contributed by atoms with Gasteiger partial charge in [-0.1, -0.05) is 13.0 Å². The van der Waals surface area contributed by atoms with Crippen molar-refractivity contribution in [1.82, 2.24) is 10.3 Å². The number of hydrogen-bond donors (Lipinski definition) is 2. The maximum absolute atomic E-state index is 12.0. The van der Waals surface area contributed by atoms with Crippen molar-refractivity contribution in [3.05, 3.63) is 59.9 Å². The fourth-order valence-corrected chi connectivity index (χ4v) is 1.78. The second kappa shape index (κ2) is 7.19. The molecule has 2 aromatic rings. The van der Waals surface area contributed by atoms with Gasteiger partial charge < -0.3 is 10.6 Å². The number of rotatable bonds is 5. The molecule has 0 aliphatic carbocycles. The molecule has 0 aliphatic heterocycles. The molecule has 0 saturated carbocycles. The third-order valence-electron chi connectivity index (χ3n) is 2.84. The molecule has 108 valence electrons. The molecule has 2 amide bonds. The van der Waals surface area contributed by atoms with Crippen LogP contribution in [0.4, 0.5) is 5.69 Å². The van der Waals surface area contributed by atoms with Crippen molar-refractivity contribution < 1.29 is 9.59 Å². The van der Waals surface area contributed by atoms with Crippen molar-refractivity contribution >= 4 is 17.5 Å². The van der Waals surface area contributed by atoms with Gasteiger partial charge >= 0.3 is 0 Å². The predicted octanol–water partition coefficient (Wildman–Crippen LogP) is 2.47. The Morgan fingerprint density at radius 3 is 2.62 bits per heavy atom. The second-order valence-electron chi connectivity index (χ2n) is 4.53. The van der Waals surface area contributed by atoms with Crippen LogP contribution >= 0.6 is 0 Å². The minimum atomic E-state index is -0.255. The van der Waals surface area contributed by atoms with Crippen LogP contribution in [0.1, 0.15) is 34.1 Å². The fourth-order valence-electron chi connectivity index (χ4n) is 1.78. The molecule has 1 heterocycles. The maximum Gasteiger partial charge on any atom is 0.257 e. The quantitative estimate of drug-likeness (QED) is 0.885. The number of nitrogens with zero attached hydrogens (tertiary/aromatic N) is 1. The van der Waals surface area contributed by atoms with E-state index >= 15 is 0 Å². The molecule has 0 spiro atoms. The predicted molar refractivity (Wildman–Crippen MR) is 81.3 cm³/mol. The average Bonchev–Trinajstić information content (AvgIpc) is 2.53.